The first kappa shape index (κ1) is 12.4. The van der Waals surface area contributed by atoms with Crippen molar-refractivity contribution in [1.29, 1.82) is 0 Å². The second-order valence-electron chi connectivity index (χ2n) is 5.38. The lowest BCUT2D eigenvalue weighted by Crippen LogP contribution is -2.30. The summed E-state index contributed by atoms with van der Waals surface area (Å²) in [5.74, 6) is 1.45. The van der Waals surface area contributed by atoms with E-state index >= 15 is 0 Å². The molecule has 1 heterocycles. The lowest BCUT2D eigenvalue weighted by atomic mass is 10.0. The maximum atomic E-state index is 6.10. The minimum atomic E-state index is 0.334. The zero-order chi connectivity index (χ0) is 13.2. The Bertz CT molecular complexity index is 581. The summed E-state index contributed by atoms with van der Waals surface area (Å²) >= 11 is 0. The van der Waals surface area contributed by atoms with Gasteiger partial charge in [0.1, 0.15) is 5.82 Å². The predicted molar refractivity (Wildman–Crippen MR) is 78.1 cm³/mol. The van der Waals surface area contributed by atoms with E-state index in [-0.39, 0.29) is 0 Å². The fraction of sp³-hybridized carbons (Fsp3) is 0.467. The summed E-state index contributed by atoms with van der Waals surface area (Å²) in [4.78, 5) is 9.23. The molecule has 3 N–H and O–H groups in total. The van der Waals surface area contributed by atoms with Crippen LogP contribution in [-0.4, -0.2) is 22.6 Å². The number of nitrogens with one attached hydrogen (secondary N) is 1. The summed E-state index contributed by atoms with van der Waals surface area (Å²) in [6.45, 7) is 2.89. The lowest BCUT2D eigenvalue weighted by molar-refractivity contribution is 0.504. The minimum absolute atomic E-state index is 0.334. The third-order valence-corrected chi connectivity index (χ3v) is 3.99. The van der Waals surface area contributed by atoms with Crippen molar-refractivity contribution in [2.45, 2.75) is 32.2 Å². The highest BCUT2D eigenvalue weighted by atomic mass is 15.0. The topological polar surface area (TPSA) is 63.8 Å². The summed E-state index contributed by atoms with van der Waals surface area (Å²) in [5.41, 5.74) is 8.93. The van der Waals surface area contributed by atoms with Gasteiger partial charge in [-0.1, -0.05) is 18.6 Å². The molecule has 0 bridgehead atoms. The van der Waals surface area contributed by atoms with Gasteiger partial charge in [0.25, 0.3) is 0 Å². The van der Waals surface area contributed by atoms with Gasteiger partial charge in [0.2, 0.25) is 0 Å². The Kier molecular flexibility index (Phi) is 3.34. The van der Waals surface area contributed by atoms with E-state index in [2.05, 4.69) is 15.3 Å². The number of aromatic nitrogens is 2. The molecule has 0 spiro atoms. The Morgan fingerprint density at radius 1 is 1.21 bits per heavy atom. The number of nitrogens with two attached hydrogens (primary N) is 1. The molecule has 4 heteroatoms. The van der Waals surface area contributed by atoms with Gasteiger partial charge in [-0.3, -0.25) is 0 Å². The molecule has 0 radical (unpaired) electrons. The Balaban J connectivity index is 1.78. The van der Waals surface area contributed by atoms with Crippen LogP contribution in [0.15, 0.2) is 24.3 Å². The molecule has 1 aromatic heterocycles. The third kappa shape index (κ3) is 2.54. The number of anilines is 1. The van der Waals surface area contributed by atoms with E-state index in [1.807, 2.05) is 31.2 Å². The molecule has 0 saturated heterocycles. The Labute approximate surface area is 113 Å². The van der Waals surface area contributed by atoms with Crippen molar-refractivity contribution in [2.24, 2.45) is 11.7 Å². The van der Waals surface area contributed by atoms with Crippen LogP contribution in [0.4, 0.5) is 5.82 Å². The fourth-order valence-electron chi connectivity index (χ4n) is 2.80. The number of para-hydroxylation sites is 2. The number of nitrogens with zero attached hydrogens (tertiary/aromatic N) is 2. The van der Waals surface area contributed by atoms with Crippen molar-refractivity contribution in [1.82, 2.24) is 9.97 Å². The van der Waals surface area contributed by atoms with Gasteiger partial charge in [0.15, 0.2) is 0 Å². The van der Waals surface area contributed by atoms with Gasteiger partial charge in [-0.2, -0.15) is 0 Å². The maximum absolute atomic E-state index is 6.10. The van der Waals surface area contributed by atoms with E-state index in [4.69, 9.17) is 5.73 Å². The average molecular weight is 256 g/mol. The van der Waals surface area contributed by atoms with Crippen molar-refractivity contribution in [3.8, 4) is 0 Å². The first-order valence-corrected chi connectivity index (χ1v) is 6.97. The van der Waals surface area contributed by atoms with Crippen LogP contribution in [0.2, 0.25) is 0 Å². The van der Waals surface area contributed by atoms with Crippen LogP contribution < -0.4 is 11.1 Å². The molecule has 2 aromatic rings. The van der Waals surface area contributed by atoms with Gasteiger partial charge in [-0.25, -0.2) is 9.97 Å². The van der Waals surface area contributed by atoms with E-state index in [9.17, 15) is 0 Å². The summed E-state index contributed by atoms with van der Waals surface area (Å²) in [5, 5.41) is 3.42. The van der Waals surface area contributed by atoms with E-state index in [1.54, 1.807) is 0 Å². The lowest BCUT2D eigenvalue weighted by Gasteiger charge is -2.17. The van der Waals surface area contributed by atoms with Gasteiger partial charge in [0.05, 0.1) is 16.7 Å². The minimum Gasteiger partial charge on any atom is -0.368 e. The number of hydrogen-bond acceptors (Lipinski definition) is 4. The van der Waals surface area contributed by atoms with Crippen LogP contribution in [0, 0.1) is 12.8 Å². The van der Waals surface area contributed by atoms with Crippen LogP contribution in [0.5, 0.6) is 0 Å². The summed E-state index contributed by atoms with van der Waals surface area (Å²) < 4.78 is 0. The van der Waals surface area contributed by atoms with Crippen molar-refractivity contribution in [2.75, 3.05) is 11.9 Å². The summed E-state index contributed by atoms with van der Waals surface area (Å²) in [6.07, 6.45) is 3.61. The first-order chi connectivity index (χ1) is 9.24. The molecule has 1 aliphatic carbocycles. The molecule has 3 rings (SSSR count). The van der Waals surface area contributed by atoms with Gasteiger partial charge < -0.3 is 11.1 Å². The van der Waals surface area contributed by atoms with Crippen LogP contribution in [0.1, 0.15) is 25.0 Å². The number of aryl methyl sites for hydroxylation is 1. The molecule has 19 heavy (non-hydrogen) atoms. The molecule has 2 atom stereocenters. The van der Waals surface area contributed by atoms with E-state index in [0.29, 0.717) is 12.0 Å². The second-order valence-corrected chi connectivity index (χ2v) is 5.38. The highest BCUT2D eigenvalue weighted by Gasteiger charge is 2.23. The molecule has 1 aliphatic rings. The third-order valence-electron chi connectivity index (χ3n) is 3.99. The predicted octanol–water partition coefficient (Wildman–Crippen LogP) is 2.48. The molecule has 4 nitrogen and oxygen atoms in total. The molecule has 100 valence electrons. The summed E-state index contributed by atoms with van der Waals surface area (Å²) in [6, 6.07) is 8.30. The van der Waals surface area contributed by atoms with Crippen LogP contribution in [0.3, 0.4) is 0 Å². The molecule has 1 fully saturated rings. The zero-order valence-corrected chi connectivity index (χ0v) is 11.3. The van der Waals surface area contributed by atoms with Crippen molar-refractivity contribution < 1.29 is 0 Å². The second kappa shape index (κ2) is 5.13. The molecule has 1 aromatic carbocycles. The van der Waals surface area contributed by atoms with E-state index < -0.39 is 0 Å². The number of benzene rings is 1. The number of rotatable bonds is 3. The Morgan fingerprint density at radius 2 is 1.95 bits per heavy atom. The highest BCUT2D eigenvalue weighted by Crippen LogP contribution is 2.24. The standard InChI is InChI=1S/C15H20N4/c1-10-15(17-9-11-5-4-6-12(11)16)19-14-8-3-2-7-13(14)18-10/h2-3,7-8,11-12H,4-6,9,16H2,1H3,(H,17,19). The first-order valence-electron chi connectivity index (χ1n) is 6.97. The largest absolute Gasteiger partial charge is 0.368 e. The molecule has 0 aliphatic heterocycles. The Hall–Kier alpha value is -1.68. The van der Waals surface area contributed by atoms with Crippen LogP contribution >= 0.6 is 0 Å². The monoisotopic (exact) mass is 256 g/mol. The Morgan fingerprint density at radius 3 is 2.63 bits per heavy atom. The van der Waals surface area contributed by atoms with Crippen molar-refractivity contribution in [3.05, 3.63) is 30.0 Å². The maximum Gasteiger partial charge on any atom is 0.148 e. The van der Waals surface area contributed by atoms with Gasteiger partial charge >= 0.3 is 0 Å². The zero-order valence-electron chi connectivity index (χ0n) is 11.3. The quantitative estimate of drug-likeness (QED) is 0.885. The van der Waals surface area contributed by atoms with Crippen LogP contribution in [-0.2, 0) is 0 Å². The number of hydrogen-bond donors (Lipinski definition) is 2. The normalized spacial score (nSPS) is 22.8. The summed E-state index contributed by atoms with van der Waals surface area (Å²) in [7, 11) is 0. The van der Waals surface area contributed by atoms with Gasteiger partial charge in [0, 0.05) is 12.6 Å². The molecule has 0 amide bonds. The smallest absolute Gasteiger partial charge is 0.148 e. The highest BCUT2D eigenvalue weighted by molar-refractivity contribution is 5.76. The molecular weight excluding hydrogens is 236 g/mol. The van der Waals surface area contributed by atoms with E-state index in [1.165, 1.54) is 12.8 Å². The molecular formula is C15H20N4. The SMILES string of the molecule is Cc1nc2ccccc2nc1NCC1CCCC1N. The molecule has 2 unspecified atom stereocenters. The van der Waals surface area contributed by atoms with Crippen molar-refractivity contribution in [3.63, 3.8) is 0 Å². The van der Waals surface area contributed by atoms with E-state index in [0.717, 1.165) is 35.5 Å². The van der Waals surface area contributed by atoms with Gasteiger partial charge in [-0.15, -0.1) is 0 Å². The number of fused-ring (bicyclic) bond motifs is 1. The average Bonchev–Trinajstić information content (AvgIpc) is 2.82. The van der Waals surface area contributed by atoms with Crippen molar-refractivity contribution >= 4 is 16.9 Å². The molecule has 1 saturated carbocycles. The fourth-order valence-corrected chi connectivity index (χ4v) is 2.80. The van der Waals surface area contributed by atoms with Gasteiger partial charge in [-0.05, 0) is 37.8 Å². The van der Waals surface area contributed by atoms with Crippen LogP contribution in [0.25, 0.3) is 11.0 Å².